The number of hydrogen-bond donors (Lipinski definition) is 0. The molecule has 0 bridgehead atoms. The maximum Gasteiger partial charge on any atom is 0.276 e. The Morgan fingerprint density at radius 2 is 1.95 bits per heavy atom. The van der Waals surface area contributed by atoms with E-state index in [2.05, 4.69) is 0 Å². The minimum atomic E-state index is -3.65. The van der Waals surface area contributed by atoms with Gasteiger partial charge in [-0.15, -0.1) is 0 Å². The number of aldehydes is 1. The second kappa shape index (κ2) is 6.83. The van der Waals surface area contributed by atoms with Crippen LogP contribution in [0.25, 0.3) is 0 Å². The summed E-state index contributed by atoms with van der Waals surface area (Å²) in [6.07, 6.45) is 1.22. The van der Waals surface area contributed by atoms with Gasteiger partial charge in [0.1, 0.15) is 0 Å². The van der Waals surface area contributed by atoms with Gasteiger partial charge in [-0.25, -0.2) is 8.42 Å². The van der Waals surface area contributed by atoms with Gasteiger partial charge in [0.15, 0.2) is 12.0 Å². The highest BCUT2D eigenvalue weighted by Crippen LogP contribution is 2.18. The van der Waals surface area contributed by atoms with Gasteiger partial charge in [0, 0.05) is 13.1 Å². The minimum Gasteiger partial charge on any atom is -0.440 e. The van der Waals surface area contributed by atoms with Crippen molar-refractivity contribution in [1.82, 2.24) is 9.21 Å². The van der Waals surface area contributed by atoms with Gasteiger partial charge in [-0.05, 0) is 39.2 Å². The summed E-state index contributed by atoms with van der Waals surface area (Å²) in [7, 11) is 0.227. The normalized spacial score (nSPS) is 12.3. The van der Waals surface area contributed by atoms with Crippen molar-refractivity contribution < 1.29 is 17.6 Å². The Labute approximate surface area is 114 Å². The lowest BCUT2D eigenvalue weighted by Crippen LogP contribution is -2.33. The smallest absolute Gasteiger partial charge is 0.276 e. The lowest BCUT2D eigenvalue weighted by Gasteiger charge is -2.19. The maximum absolute atomic E-state index is 12.3. The van der Waals surface area contributed by atoms with Gasteiger partial charge in [-0.2, -0.15) is 4.31 Å². The molecule has 0 aliphatic rings. The fraction of sp³-hybridized carbons (Fsp3) is 0.583. The van der Waals surface area contributed by atoms with E-state index in [1.54, 1.807) is 6.92 Å². The molecule has 0 saturated heterocycles. The van der Waals surface area contributed by atoms with Crippen molar-refractivity contribution >= 4 is 16.3 Å². The van der Waals surface area contributed by atoms with Gasteiger partial charge in [-0.1, -0.05) is 6.92 Å². The van der Waals surface area contributed by atoms with Crippen LogP contribution in [-0.2, 0) is 10.0 Å². The van der Waals surface area contributed by atoms with Crippen LogP contribution >= 0.6 is 0 Å². The quantitative estimate of drug-likeness (QED) is 0.669. The Kier molecular flexibility index (Phi) is 5.71. The molecule has 0 aromatic carbocycles. The summed E-state index contributed by atoms with van der Waals surface area (Å²) in [5, 5.41) is -0.179. The zero-order valence-electron chi connectivity index (χ0n) is 11.5. The fourth-order valence-corrected chi connectivity index (χ4v) is 3.08. The van der Waals surface area contributed by atoms with Crippen LogP contribution in [0.15, 0.2) is 21.6 Å². The van der Waals surface area contributed by atoms with Crippen molar-refractivity contribution in [2.45, 2.75) is 18.4 Å². The molecule has 1 heterocycles. The highest BCUT2D eigenvalue weighted by atomic mass is 32.2. The standard InChI is InChI=1S/C12H20N2O4S/c1-4-14(9-5-8-13(2)3)19(16,17)12-7-6-11(10-15)18-12/h6-7,10H,4-5,8-9H2,1-3H3. The number of hydrogen-bond acceptors (Lipinski definition) is 5. The summed E-state index contributed by atoms with van der Waals surface area (Å²) in [4.78, 5) is 12.5. The molecule has 108 valence electrons. The second-order valence-electron chi connectivity index (χ2n) is 4.43. The molecule has 0 amide bonds. The predicted octanol–water partition coefficient (Wildman–Crippen LogP) is 1.05. The highest BCUT2D eigenvalue weighted by molar-refractivity contribution is 7.89. The molecule has 1 rings (SSSR count). The van der Waals surface area contributed by atoms with Gasteiger partial charge in [-0.3, -0.25) is 4.79 Å². The predicted molar refractivity (Wildman–Crippen MR) is 71.7 cm³/mol. The molecular formula is C12H20N2O4S. The van der Waals surface area contributed by atoms with E-state index in [0.717, 1.165) is 13.0 Å². The number of rotatable bonds is 8. The molecule has 0 atom stereocenters. The molecule has 0 aliphatic heterocycles. The summed E-state index contributed by atoms with van der Waals surface area (Å²) < 4.78 is 30.9. The Balaban J connectivity index is 2.80. The van der Waals surface area contributed by atoms with Crippen LogP contribution in [0.5, 0.6) is 0 Å². The first kappa shape index (κ1) is 15.9. The van der Waals surface area contributed by atoms with E-state index in [1.165, 1.54) is 16.4 Å². The van der Waals surface area contributed by atoms with E-state index >= 15 is 0 Å². The van der Waals surface area contributed by atoms with E-state index in [4.69, 9.17) is 4.42 Å². The second-order valence-corrected chi connectivity index (χ2v) is 6.30. The van der Waals surface area contributed by atoms with Gasteiger partial charge < -0.3 is 9.32 Å². The van der Waals surface area contributed by atoms with Crippen LogP contribution in [0.3, 0.4) is 0 Å². The number of carbonyl (C=O) groups is 1. The summed E-state index contributed by atoms with van der Waals surface area (Å²) in [6.45, 7) is 3.38. The van der Waals surface area contributed by atoms with E-state index in [9.17, 15) is 13.2 Å². The third-order valence-corrected chi connectivity index (χ3v) is 4.53. The topological polar surface area (TPSA) is 70.8 Å². The Morgan fingerprint density at radius 1 is 1.26 bits per heavy atom. The molecule has 0 unspecified atom stereocenters. The van der Waals surface area contributed by atoms with Crippen molar-refractivity contribution in [2.24, 2.45) is 0 Å². The molecule has 0 N–H and O–H groups in total. The van der Waals surface area contributed by atoms with Crippen molar-refractivity contribution in [3.8, 4) is 0 Å². The van der Waals surface area contributed by atoms with Gasteiger partial charge >= 0.3 is 0 Å². The number of furan rings is 1. The molecule has 7 heteroatoms. The van der Waals surface area contributed by atoms with E-state index in [0.29, 0.717) is 19.4 Å². The van der Waals surface area contributed by atoms with Crippen molar-refractivity contribution in [3.63, 3.8) is 0 Å². The molecule has 1 aromatic heterocycles. The van der Waals surface area contributed by atoms with Crippen LogP contribution in [0.1, 0.15) is 23.9 Å². The first-order valence-electron chi connectivity index (χ1n) is 6.11. The Morgan fingerprint density at radius 3 is 2.42 bits per heavy atom. The minimum absolute atomic E-state index is 0.0166. The highest BCUT2D eigenvalue weighted by Gasteiger charge is 2.26. The third kappa shape index (κ3) is 4.15. The van der Waals surface area contributed by atoms with Crippen LogP contribution < -0.4 is 0 Å². The molecule has 6 nitrogen and oxygen atoms in total. The van der Waals surface area contributed by atoms with Gasteiger partial charge in [0.2, 0.25) is 5.09 Å². The van der Waals surface area contributed by atoms with Crippen LogP contribution in [0.4, 0.5) is 0 Å². The molecule has 0 radical (unpaired) electrons. The number of nitrogens with zero attached hydrogens (tertiary/aromatic N) is 2. The molecule has 0 saturated carbocycles. The van der Waals surface area contributed by atoms with E-state index in [-0.39, 0.29) is 10.9 Å². The summed E-state index contributed by atoms with van der Waals surface area (Å²) in [5.41, 5.74) is 0. The monoisotopic (exact) mass is 288 g/mol. The molecule has 19 heavy (non-hydrogen) atoms. The zero-order valence-corrected chi connectivity index (χ0v) is 12.3. The number of sulfonamides is 1. The first-order chi connectivity index (χ1) is 8.91. The summed E-state index contributed by atoms with van der Waals surface area (Å²) in [5.74, 6) is 0.0166. The van der Waals surface area contributed by atoms with E-state index in [1.807, 2.05) is 19.0 Å². The number of carbonyl (C=O) groups excluding carboxylic acids is 1. The summed E-state index contributed by atoms with van der Waals surface area (Å²) in [6, 6.07) is 2.67. The van der Waals surface area contributed by atoms with Crippen molar-refractivity contribution in [3.05, 3.63) is 17.9 Å². The average molecular weight is 288 g/mol. The van der Waals surface area contributed by atoms with Crippen LogP contribution in [0.2, 0.25) is 0 Å². The van der Waals surface area contributed by atoms with Gasteiger partial charge in [0.05, 0.1) is 0 Å². The molecule has 1 aromatic rings. The largest absolute Gasteiger partial charge is 0.440 e. The van der Waals surface area contributed by atoms with E-state index < -0.39 is 10.0 Å². The average Bonchev–Trinajstić information content (AvgIpc) is 2.83. The molecule has 0 aliphatic carbocycles. The van der Waals surface area contributed by atoms with Gasteiger partial charge in [0.25, 0.3) is 10.0 Å². The molecular weight excluding hydrogens is 268 g/mol. The maximum atomic E-state index is 12.3. The molecule has 0 fully saturated rings. The lowest BCUT2D eigenvalue weighted by atomic mass is 10.4. The Bertz CT molecular complexity index is 508. The molecule has 0 spiro atoms. The summed E-state index contributed by atoms with van der Waals surface area (Å²) >= 11 is 0. The zero-order chi connectivity index (χ0) is 14.5. The SMILES string of the molecule is CCN(CCCN(C)C)S(=O)(=O)c1ccc(C=O)o1. The fourth-order valence-electron chi connectivity index (χ4n) is 1.68. The third-order valence-electron chi connectivity index (χ3n) is 2.68. The first-order valence-corrected chi connectivity index (χ1v) is 7.55. The Hall–Kier alpha value is -1.18. The van der Waals surface area contributed by atoms with Crippen LogP contribution in [0, 0.1) is 0 Å². The van der Waals surface area contributed by atoms with Crippen molar-refractivity contribution in [1.29, 1.82) is 0 Å². The van der Waals surface area contributed by atoms with Crippen molar-refractivity contribution in [2.75, 3.05) is 33.7 Å². The van der Waals surface area contributed by atoms with Crippen LogP contribution in [-0.4, -0.2) is 57.6 Å². The lowest BCUT2D eigenvalue weighted by molar-refractivity contribution is 0.109.